The quantitative estimate of drug-likeness (QED) is 0.529. The predicted molar refractivity (Wildman–Crippen MR) is 102 cm³/mol. The van der Waals surface area contributed by atoms with E-state index < -0.39 is 0 Å². The first-order valence-electron chi connectivity index (χ1n) is 8.79. The maximum atomic E-state index is 12.3. The fraction of sp³-hybridized carbons (Fsp3) is 0.143. The van der Waals surface area contributed by atoms with Crippen molar-refractivity contribution in [3.8, 4) is 11.4 Å². The summed E-state index contributed by atoms with van der Waals surface area (Å²) in [7, 11) is 0. The summed E-state index contributed by atoms with van der Waals surface area (Å²) in [4.78, 5) is 15.8. The van der Waals surface area contributed by atoms with Crippen LogP contribution in [0.5, 0.6) is 0 Å². The summed E-state index contributed by atoms with van der Waals surface area (Å²) in [5.74, 6) is -0.00388. The highest BCUT2D eigenvalue weighted by molar-refractivity contribution is 5.98. The number of aryl methyl sites for hydroxylation is 2. The van der Waals surface area contributed by atoms with Gasteiger partial charge in [0.15, 0.2) is 0 Å². The first-order chi connectivity index (χ1) is 12.8. The van der Waals surface area contributed by atoms with Crippen LogP contribution >= 0.6 is 0 Å². The Labute approximate surface area is 150 Å². The molecular formula is C21H18N4O. The normalized spacial score (nSPS) is 12.6. The lowest BCUT2D eigenvalue weighted by atomic mass is 9.94. The number of amides is 1. The van der Waals surface area contributed by atoms with Crippen LogP contribution in [0.4, 0.5) is 5.69 Å². The molecule has 1 aliphatic carbocycles. The van der Waals surface area contributed by atoms with Crippen LogP contribution < -0.4 is 5.32 Å². The predicted octanol–water partition coefficient (Wildman–Crippen LogP) is 3.84. The number of nitrogens with zero attached hydrogens (tertiary/aromatic N) is 1. The second kappa shape index (κ2) is 5.88. The van der Waals surface area contributed by atoms with Crippen molar-refractivity contribution in [2.45, 2.75) is 19.3 Å². The Morgan fingerprint density at radius 2 is 1.96 bits per heavy atom. The van der Waals surface area contributed by atoms with Gasteiger partial charge in [0.2, 0.25) is 5.91 Å². The Bertz CT molecular complexity index is 1110. The van der Waals surface area contributed by atoms with Crippen LogP contribution in [-0.4, -0.2) is 21.1 Å². The van der Waals surface area contributed by atoms with E-state index in [-0.39, 0.29) is 5.91 Å². The van der Waals surface area contributed by atoms with Gasteiger partial charge in [-0.25, -0.2) is 0 Å². The van der Waals surface area contributed by atoms with Gasteiger partial charge in [-0.2, -0.15) is 5.10 Å². The molecule has 5 rings (SSSR count). The molecule has 2 aromatic heterocycles. The molecule has 128 valence electrons. The van der Waals surface area contributed by atoms with Gasteiger partial charge in [0.25, 0.3) is 0 Å². The monoisotopic (exact) mass is 342 g/mol. The van der Waals surface area contributed by atoms with Crippen LogP contribution in [0.25, 0.3) is 22.3 Å². The molecule has 0 spiro atoms. The third-order valence-corrected chi connectivity index (χ3v) is 5.01. The van der Waals surface area contributed by atoms with Gasteiger partial charge >= 0.3 is 0 Å². The van der Waals surface area contributed by atoms with E-state index in [1.165, 1.54) is 11.1 Å². The standard InChI is InChI=1S/C21H18N4O/c26-19(10-13-4-2-1-3-5-13)23-15-7-9-18-17(11-15)16-8-6-14-12-22-25-20(14)21(16)24-18/h1-5,7,9,11-12,24H,6,8,10H2,(H,22,25)(H,23,26). The van der Waals surface area contributed by atoms with Gasteiger partial charge in [-0.3, -0.25) is 9.89 Å². The number of carbonyl (C=O) groups is 1. The van der Waals surface area contributed by atoms with Crippen molar-refractivity contribution in [1.29, 1.82) is 0 Å². The summed E-state index contributed by atoms with van der Waals surface area (Å²) >= 11 is 0. The first-order valence-corrected chi connectivity index (χ1v) is 8.79. The summed E-state index contributed by atoms with van der Waals surface area (Å²) in [6.07, 6.45) is 4.24. The van der Waals surface area contributed by atoms with E-state index in [0.29, 0.717) is 6.42 Å². The Balaban J connectivity index is 1.45. The molecule has 2 aromatic carbocycles. The summed E-state index contributed by atoms with van der Waals surface area (Å²) in [5, 5.41) is 11.5. The second-order valence-electron chi connectivity index (χ2n) is 6.72. The number of H-pyrrole nitrogens is 2. The molecule has 0 bridgehead atoms. The lowest BCUT2D eigenvalue weighted by Gasteiger charge is -2.11. The van der Waals surface area contributed by atoms with Gasteiger partial charge in [-0.1, -0.05) is 30.3 Å². The van der Waals surface area contributed by atoms with Crippen molar-refractivity contribution in [2.75, 3.05) is 5.32 Å². The summed E-state index contributed by atoms with van der Waals surface area (Å²) in [6.45, 7) is 0. The average molecular weight is 342 g/mol. The fourth-order valence-corrected chi connectivity index (χ4v) is 3.76. The van der Waals surface area contributed by atoms with Gasteiger partial charge in [0.1, 0.15) is 0 Å². The van der Waals surface area contributed by atoms with Gasteiger partial charge < -0.3 is 10.3 Å². The fourth-order valence-electron chi connectivity index (χ4n) is 3.76. The van der Waals surface area contributed by atoms with Crippen molar-refractivity contribution >= 4 is 22.5 Å². The van der Waals surface area contributed by atoms with Crippen LogP contribution in [0, 0.1) is 0 Å². The Hall–Kier alpha value is -3.34. The highest BCUT2D eigenvalue weighted by atomic mass is 16.1. The highest BCUT2D eigenvalue weighted by Crippen LogP contribution is 2.37. The molecule has 0 atom stereocenters. The summed E-state index contributed by atoms with van der Waals surface area (Å²) in [5.41, 5.74) is 7.66. The lowest BCUT2D eigenvalue weighted by Crippen LogP contribution is -2.14. The second-order valence-corrected chi connectivity index (χ2v) is 6.72. The third-order valence-electron chi connectivity index (χ3n) is 5.01. The number of hydrogen-bond donors (Lipinski definition) is 3. The zero-order chi connectivity index (χ0) is 17.5. The van der Waals surface area contributed by atoms with Crippen molar-refractivity contribution in [3.05, 3.63) is 71.4 Å². The van der Waals surface area contributed by atoms with Crippen LogP contribution in [0.2, 0.25) is 0 Å². The molecule has 2 heterocycles. The minimum Gasteiger partial charge on any atom is -0.353 e. The molecular weight excluding hydrogens is 324 g/mol. The topological polar surface area (TPSA) is 73.6 Å². The first kappa shape index (κ1) is 15.0. The number of aromatic amines is 2. The summed E-state index contributed by atoms with van der Waals surface area (Å²) in [6, 6.07) is 15.8. The van der Waals surface area contributed by atoms with Gasteiger partial charge in [0.05, 0.1) is 24.0 Å². The van der Waals surface area contributed by atoms with E-state index >= 15 is 0 Å². The van der Waals surface area contributed by atoms with E-state index in [9.17, 15) is 4.79 Å². The molecule has 0 unspecified atom stereocenters. The zero-order valence-electron chi connectivity index (χ0n) is 14.2. The van der Waals surface area contributed by atoms with Crippen molar-refractivity contribution in [1.82, 2.24) is 15.2 Å². The molecule has 5 nitrogen and oxygen atoms in total. The van der Waals surface area contributed by atoms with Crippen molar-refractivity contribution in [3.63, 3.8) is 0 Å². The number of nitrogens with one attached hydrogen (secondary N) is 3. The largest absolute Gasteiger partial charge is 0.353 e. The van der Waals surface area contributed by atoms with Crippen LogP contribution in [0.1, 0.15) is 16.7 Å². The molecule has 26 heavy (non-hydrogen) atoms. The van der Waals surface area contributed by atoms with Gasteiger partial charge in [-0.15, -0.1) is 0 Å². The number of hydrogen-bond acceptors (Lipinski definition) is 2. The number of carbonyl (C=O) groups excluding carboxylic acids is 1. The molecule has 0 saturated heterocycles. The molecule has 0 radical (unpaired) electrons. The molecule has 0 aliphatic heterocycles. The molecule has 1 amide bonds. The number of fused-ring (bicyclic) bond motifs is 5. The van der Waals surface area contributed by atoms with Crippen molar-refractivity contribution in [2.24, 2.45) is 0 Å². The lowest BCUT2D eigenvalue weighted by molar-refractivity contribution is -0.115. The van der Waals surface area contributed by atoms with Crippen LogP contribution in [0.15, 0.2) is 54.7 Å². The number of benzene rings is 2. The average Bonchev–Trinajstić information content (AvgIpc) is 3.26. The Morgan fingerprint density at radius 3 is 2.85 bits per heavy atom. The third kappa shape index (κ3) is 2.49. The summed E-state index contributed by atoms with van der Waals surface area (Å²) < 4.78 is 0. The molecule has 3 N–H and O–H groups in total. The van der Waals surface area contributed by atoms with Crippen LogP contribution in [-0.2, 0) is 24.1 Å². The Kier molecular flexibility index (Phi) is 3.38. The van der Waals surface area contributed by atoms with Crippen molar-refractivity contribution < 1.29 is 4.79 Å². The van der Waals surface area contributed by atoms with E-state index in [1.54, 1.807) is 0 Å². The maximum absolute atomic E-state index is 12.3. The van der Waals surface area contributed by atoms with Gasteiger partial charge in [0, 0.05) is 16.6 Å². The maximum Gasteiger partial charge on any atom is 0.228 e. The molecule has 5 heteroatoms. The van der Waals surface area contributed by atoms with E-state index in [1.807, 2.05) is 48.7 Å². The zero-order valence-corrected chi connectivity index (χ0v) is 14.2. The minimum atomic E-state index is -0.00388. The Morgan fingerprint density at radius 1 is 1.08 bits per heavy atom. The van der Waals surface area contributed by atoms with Gasteiger partial charge in [-0.05, 0) is 47.7 Å². The SMILES string of the molecule is O=C(Cc1ccccc1)Nc1ccc2[nH]c3c(c2c1)CCc1cn[nH]c1-3. The minimum absolute atomic E-state index is 0.00388. The molecule has 1 aliphatic rings. The number of aromatic nitrogens is 3. The van der Waals surface area contributed by atoms with E-state index in [4.69, 9.17) is 0 Å². The number of anilines is 1. The van der Waals surface area contributed by atoms with E-state index in [2.05, 4.69) is 26.6 Å². The van der Waals surface area contributed by atoms with E-state index in [0.717, 1.165) is 46.4 Å². The highest BCUT2D eigenvalue weighted by Gasteiger charge is 2.22. The molecule has 0 fully saturated rings. The molecule has 4 aromatic rings. The smallest absolute Gasteiger partial charge is 0.228 e. The van der Waals surface area contributed by atoms with Crippen LogP contribution in [0.3, 0.4) is 0 Å². The molecule has 0 saturated carbocycles. The number of rotatable bonds is 3.